The van der Waals surface area contributed by atoms with E-state index in [0.29, 0.717) is 6.42 Å². The normalized spacial score (nSPS) is 15.2. The van der Waals surface area contributed by atoms with Gasteiger partial charge in [-0.3, -0.25) is 13.9 Å². The van der Waals surface area contributed by atoms with Crippen molar-refractivity contribution in [2.24, 2.45) is 0 Å². The van der Waals surface area contributed by atoms with Gasteiger partial charge in [-0.1, -0.05) is 56.0 Å². The van der Waals surface area contributed by atoms with E-state index in [1.807, 2.05) is 38.1 Å². The molecule has 2 amide bonds. The van der Waals surface area contributed by atoms with E-state index in [1.165, 1.54) is 17.0 Å². The van der Waals surface area contributed by atoms with Crippen LogP contribution < -0.4 is 9.62 Å². The molecule has 36 heavy (non-hydrogen) atoms. The molecule has 0 aromatic heterocycles. The predicted octanol–water partition coefficient (Wildman–Crippen LogP) is 4.16. The molecule has 3 rings (SSSR count). The molecule has 0 aliphatic heterocycles. The molecule has 0 bridgehead atoms. The molecule has 1 aliphatic carbocycles. The molecule has 196 valence electrons. The average Bonchev–Trinajstić information content (AvgIpc) is 2.84. The first-order valence-corrected chi connectivity index (χ1v) is 14.3. The van der Waals surface area contributed by atoms with Gasteiger partial charge in [0.1, 0.15) is 18.4 Å². The first-order valence-electron chi connectivity index (χ1n) is 12.5. The van der Waals surface area contributed by atoms with E-state index in [4.69, 9.17) is 0 Å². The summed E-state index contributed by atoms with van der Waals surface area (Å²) in [5, 5.41) is 3.12. The number of rotatable bonds is 10. The van der Waals surface area contributed by atoms with Crippen LogP contribution in [0.2, 0.25) is 0 Å². The molecule has 9 heteroatoms. The van der Waals surface area contributed by atoms with Crippen molar-refractivity contribution in [1.29, 1.82) is 0 Å². The van der Waals surface area contributed by atoms with E-state index in [-0.39, 0.29) is 24.2 Å². The van der Waals surface area contributed by atoms with Crippen molar-refractivity contribution < 1.29 is 22.4 Å². The molecule has 1 saturated carbocycles. The number of benzene rings is 2. The van der Waals surface area contributed by atoms with Crippen LogP contribution in [0.15, 0.2) is 48.5 Å². The summed E-state index contributed by atoms with van der Waals surface area (Å²) in [7, 11) is -3.85. The molecule has 0 radical (unpaired) electrons. The van der Waals surface area contributed by atoms with Crippen LogP contribution in [0.3, 0.4) is 0 Å². The molecular weight excluding hydrogens is 481 g/mol. The number of nitrogens with zero attached hydrogens (tertiary/aromatic N) is 2. The van der Waals surface area contributed by atoms with Crippen molar-refractivity contribution in [3.8, 4) is 0 Å². The number of anilines is 1. The van der Waals surface area contributed by atoms with Crippen molar-refractivity contribution in [2.75, 3.05) is 17.1 Å². The summed E-state index contributed by atoms with van der Waals surface area (Å²) >= 11 is 0. The van der Waals surface area contributed by atoms with Crippen molar-refractivity contribution in [1.82, 2.24) is 10.2 Å². The van der Waals surface area contributed by atoms with Crippen LogP contribution >= 0.6 is 0 Å². The van der Waals surface area contributed by atoms with Crippen LogP contribution in [0, 0.1) is 12.7 Å². The van der Waals surface area contributed by atoms with E-state index in [2.05, 4.69) is 5.32 Å². The molecule has 1 fully saturated rings. The third kappa shape index (κ3) is 7.53. The van der Waals surface area contributed by atoms with Crippen molar-refractivity contribution in [3.05, 3.63) is 65.5 Å². The number of aryl methyl sites for hydroxylation is 1. The highest BCUT2D eigenvalue weighted by molar-refractivity contribution is 7.92. The van der Waals surface area contributed by atoms with Gasteiger partial charge in [0.25, 0.3) is 0 Å². The van der Waals surface area contributed by atoms with Crippen molar-refractivity contribution >= 4 is 27.5 Å². The summed E-state index contributed by atoms with van der Waals surface area (Å²) < 4.78 is 39.6. The number of hydrogen-bond acceptors (Lipinski definition) is 4. The number of carbonyl (C=O) groups excluding carboxylic acids is 2. The largest absolute Gasteiger partial charge is 0.352 e. The van der Waals surface area contributed by atoms with Gasteiger partial charge in [-0.05, 0) is 56.0 Å². The van der Waals surface area contributed by atoms with E-state index in [1.54, 1.807) is 0 Å². The minimum atomic E-state index is -3.85. The summed E-state index contributed by atoms with van der Waals surface area (Å²) in [6, 6.07) is 11.9. The Morgan fingerprint density at radius 3 is 2.19 bits per heavy atom. The van der Waals surface area contributed by atoms with Gasteiger partial charge in [-0.25, -0.2) is 12.8 Å². The van der Waals surface area contributed by atoms with Gasteiger partial charge < -0.3 is 10.2 Å². The lowest BCUT2D eigenvalue weighted by atomic mass is 9.95. The summed E-state index contributed by atoms with van der Waals surface area (Å²) in [5.41, 5.74) is 2.09. The summed E-state index contributed by atoms with van der Waals surface area (Å²) in [4.78, 5) is 28.5. The van der Waals surface area contributed by atoms with Gasteiger partial charge in [-0.15, -0.1) is 0 Å². The molecule has 2 aromatic carbocycles. The number of hydrogen-bond donors (Lipinski definition) is 1. The molecule has 1 aliphatic rings. The molecule has 0 heterocycles. The zero-order valence-electron chi connectivity index (χ0n) is 21.2. The van der Waals surface area contributed by atoms with E-state index >= 15 is 0 Å². The highest BCUT2D eigenvalue weighted by Gasteiger charge is 2.32. The lowest BCUT2D eigenvalue weighted by molar-refractivity contribution is -0.140. The second-order valence-corrected chi connectivity index (χ2v) is 11.4. The van der Waals surface area contributed by atoms with Crippen LogP contribution in [-0.2, 0) is 26.2 Å². The second-order valence-electron chi connectivity index (χ2n) is 9.52. The van der Waals surface area contributed by atoms with Crippen LogP contribution in [-0.4, -0.2) is 50.0 Å². The number of nitrogens with one attached hydrogen (secondary N) is 1. The molecule has 0 saturated heterocycles. The monoisotopic (exact) mass is 517 g/mol. The lowest BCUT2D eigenvalue weighted by Gasteiger charge is -2.34. The smallest absolute Gasteiger partial charge is 0.244 e. The van der Waals surface area contributed by atoms with E-state index < -0.39 is 34.3 Å². The fraction of sp³-hybridized carbons (Fsp3) is 0.481. The first kappa shape index (κ1) is 27.6. The van der Waals surface area contributed by atoms with Gasteiger partial charge in [0.05, 0.1) is 11.9 Å². The summed E-state index contributed by atoms with van der Waals surface area (Å²) in [5.74, 6) is -1.24. The molecule has 2 aromatic rings. The SMILES string of the molecule is CC[C@H](C(=O)NC1CCCCC1)N(Cc1ccc(C)cc1)C(=O)CN(c1ccc(F)cc1)S(C)(=O)=O. The molecule has 1 atom stereocenters. The standard InChI is InChI=1S/C27H36FN3O4S/c1-4-25(27(33)29-23-8-6-5-7-9-23)30(18-21-12-10-20(2)11-13-21)26(32)19-31(36(3,34)35)24-16-14-22(28)15-17-24/h10-17,23,25H,4-9,18-19H2,1-3H3,(H,29,33)/t25-/m1/s1. The molecule has 0 unspecified atom stereocenters. The minimum Gasteiger partial charge on any atom is -0.352 e. The average molecular weight is 518 g/mol. The third-order valence-corrected chi connectivity index (χ3v) is 7.75. The fourth-order valence-electron chi connectivity index (χ4n) is 4.58. The second kappa shape index (κ2) is 12.3. The minimum absolute atomic E-state index is 0.0864. The Morgan fingerprint density at radius 1 is 1.03 bits per heavy atom. The molecular formula is C27H36FN3O4S. The summed E-state index contributed by atoms with van der Waals surface area (Å²) in [6.45, 7) is 3.47. The highest BCUT2D eigenvalue weighted by Crippen LogP contribution is 2.21. The third-order valence-electron chi connectivity index (χ3n) is 6.60. The Kier molecular flexibility index (Phi) is 9.48. The maximum Gasteiger partial charge on any atom is 0.244 e. The fourth-order valence-corrected chi connectivity index (χ4v) is 5.42. The number of halogens is 1. The van der Waals surface area contributed by atoms with Gasteiger partial charge in [0.15, 0.2) is 0 Å². The van der Waals surface area contributed by atoms with Gasteiger partial charge in [0, 0.05) is 12.6 Å². The van der Waals surface area contributed by atoms with Crippen LogP contribution in [0.5, 0.6) is 0 Å². The molecule has 7 nitrogen and oxygen atoms in total. The van der Waals surface area contributed by atoms with Crippen LogP contribution in [0.25, 0.3) is 0 Å². The Balaban J connectivity index is 1.89. The maximum absolute atomic E-state index is 13.7. The van der Waals surface area contributed by atoms with Gasteiger partial charge in [-0.2, -0.15) is 0 Å². The predicted molar refractivity (Wildman–Crippen MR) is 139 cm³/mol. The topological polar surface area (TPSA) is 86.8 Å². The highest BCUT2D eigenvalue weighted by atomic mass is 32.2. The van der Waals surface area contributed by atoms with Gasteiger partial charge >= 0.3 is 0 Å². The quantitative estimate of drug-likeness (QED) is 0.513. The number of carbonyl (C=O) groups is 2. The maximum atomic E-state index is 13.7. The van der Waals surface area contributed by atoms with Crippen LogP contribution in [0.4, 0.5) is 10.1 Å². The Labute approximate surface area is 213 Å². The zero-order valence-corrected chi connectivity index (χ0v) is 22.1. The molecule has 0 spiro atoms. The van der Waals surface area contributed by atoms with E-state index in [9.17, 15) is 22.4 Å². The number of sulfonamides is 1. The number of amides is 2. The van der Waals surface area contributed by atoms with Crippen molar-refractivity contribution in [2.45, 2.75) is 71.0 Å². The van der Waals surface area contributed by atoms with E-state index in [0.717, 1.165) is 65.9 Å². The van der Waals surface area contributed by atoms with Crippen molar-refractivity contribution in [3.63, 3.8) is 0 Å². The first-order chi connectivity index (χ1) is 17.1. The summed E-state index contributed by atoms with van der Waals surface area (Å²) in [6.07, 6.45) is 6.50. The van der Waals surface area contributed by atoms with Gasteiger partial charge in [0.2, 0.25) is 21.8 Å². The Bertz CT molecular complexity index is 1130. The zero-order chi connectivity index (χ0) is 26.3. The lowest BCUT2D eigenvalue weighted by Crippen LogP contribution is -2.53. The Morgan fingerprint density at radius 2 is 1.64 bits per heavy atom. The Hall–Kier alpha value is -2.94. The van der Waals surface area contributed by atoms with Crippen LogP contribution in [0.1, 0.15) is 56.6 Å². The molecule has 1 N–H and O–H groups in total.